The summed E-state index contributed by atoms with van der Waals surface area (Å²) in [6.07, 6.45) is 0. The third kappa shape index (κ3) is 3.83. The van der Waals surface area contributed by atoms with E-state index in [1.54, 1.807) is 12.1 Å². The van der Waals surface area contributed by atoms with Crippen molar-refractivity contribution >= 4 is 23.3 Å². The van der Waals surface area contributed by atoms with Crippen molar-refractivity contribution < 1.29 is 27.5 Å². The summed E-state index contributed by atoms with van der Waals surface area (Å²) in [6, 6.07) is 7.86. The molecule has 2 N–H and O–H groups in total. The number of rotatable bonds is 5. The van der Waals surface area contributed by atoms with Gasteiger partial charge in [0.05, 0.1) is 30.6 Å². The minimum absolute atomic E-state index is 0.146. The predicted molar refractivity (Wildman–Crippen MR) is 81.2 cm³/mol. The van der Waals surface area contributed by atoms with E-state index in [2.05, 4.69) is 15.4 Å². The van der Waals surface area contributed by atoms with Gasteiger partial charge in [0.25, 0.3) is 0 Å². The van der Waals surface area contributed by atoms with Crippen LogP contribution in [-0.4, -0.2) is 25.5 Å². The first-order valence-electron chi connectivity index (χ1n) is 6.78. The molecule has 0 atom stereocenters. The van der Waals surface area contributed by atoms with Crippen LogP contribution in [0.15, 0.2) is 36.4 Å². The molecule has 2 rings (SSSR count). The average molecular weight is 338 g/mol. The maximum absolute atomic E-state index is 13.5. The zero-order valence-electron chi connectivity index (χ0n) is 12.5. The van der Waals surface area contributed by atoms with Crippen LogP contribution < -0.4 is 10.6 Å². The lowest BCUT2D eigenvalue weighted by Crippen LogP contribution is -2.23. The summed E-state index contributed by atoms with van der Waals surface area (Å²) in [4.78, 5) is 23.5. The molecular formula is C16H13F3N2O3. The third-order valence-corrected chi connectivity index (χ3v) is 3.08. The molecule has 0 aliphatic carbocycles. The number of esters is 1. The summed E-state index contributed by atoms with van der Waals surface area (Å²) >= 11 is 0. The highest BCUT2D eigenvalue weighted by atomic mass is 19.2. The summed E-state index contributed by atoms with van der Waals surface area (Å²) in [6.45, 7) is -0.419. The number of hydrogen-bond donors (Lipinski definition) is 2. The Kier molecular flexibility index (Phi) is 5.41. The van der Waals surface area contributed by atoms with Gasteiger partial charge in [-0.15, -0.1) is 0 Å². The average Bonchev–Trinajstić information content (AvgIpc) is 2.59. The molecule has 0 fully saturated rings. The number of halogens is 3. The molecule has 0 aliphatic heterocycles. The molecule has 5 nitrogen and oxygen atoms in total. The summed E-state index contributed by atoms with van der Waals surface area (Å²) in [5.41, 5.74) is -0.000399. The number of anilines is 2. The van der Waals surface area contributed by atoms with E-state index in [9.17, 15) is 22.8 Å². The van der Waals surface area contributed by atoms with Crippen molar-refractivity contribution in [3.63, 3.8) is 0 Å². The molecule has 0 radical (unpaired) electrons. The monoisotopic (exact) mass is 338 g/mol. The fourth-order valence-electron chi connectivity index (χ4n) is 1.91. The van der Waals surface area contributed by atoms with Gasteiger partial charge >= 0.3 is 5.97 Å². The van der Waals surface area contributed by atoms with E-state index in [-0.39, 0.29) is 16.9 Å². The standard InChI is InChI=1S/C16H13F3N2O3/c1-24-16(23)9-4-2-3-5-11(9)21-13(22)8-20-12-7-6-10(17)14(18)15(12)19/h2-7,20H,8H2,1H3,(H,21,22). The smallest absolute Gasteiger partial charge is 0.339 e. The van der Waals surface area contributed by atoms with Gasteiger partial charge in [-0.3, -0.25) is 4.79 Å². The number of carbonyl (C=O) groups excluding carboxylic acids is 2. The molecule has 0 spiro atoms. The van der Waals surface area contributed by atoms with Gasteiger partial charge in [-0.05, 0) is 24.3 Å². The minimum Gasteiger partial charge on any atom is -0.465 e. The molecule has 0 saturated heterocycles. The molecule has 126 valence electrons. The van der Waals surface area contributed by atoms with Crippen LogP contribution in [0.4, 0.5) is 24.5 Å². The van der Waals surface area contributed by atoms with Crippen LogP contribution in [0.25, 0.3) is 0 Å². The van der Waals surface area contributed by atoms with E-state index in [0.29, 0.717) is 0 Å². The van der Waals surface area contributed by atoms with Gasteiger partial charge in [0.2, 0.25) is 5.91 Å². The fourth-order valence-corrected chi connectivity index (χ4v) is 1.91. The topological polar surface area (TPSA) is 67.4 Å². The molecule has 0 bridgehead atoms. The second kappa shape index (κ2) is 7.49. The van der Waals surface area contributed by atoms with Gasteiger partial charge in [-0.2, -0.15) is 0 Å². The number of para-hydroxylation sites is 1. The lowest BCUT2D eigenvalue weighted by molar-refractivity contribution is -0.114. The highest BCUT2D eigenvalue weighted by Crippen LogP contribution is 2.20. The molecule has 24 heavy (non-hydrogen) atoms. The number of nitrogens with one attached hydrogen (secondary N) is 2. The Morgan fingerprint density at radius 3 is 2.42 bits per heavy atom. The van der Waals surface area contributed by atoms with Gasteiger partial charge in [0.1, 0.15) is 0 Å². The molecule has 8 heteroatoms. The lowest BCUT2D eigenvalue weighted by Gasteiger charge is -2.11. The second-order valence-electron chi connectivity index (χ2n) is 4.66. The molecule has 1 amide bonds. The Hall–Kier alpha value is -3.03. The van der Waals surface area contributed by atoms with E-state index in [0.717, 1.165) is 12.1 Å². The van der Waals surface area contributed by atoms with Crippen LogP contribution in [0.5, 0.6) is 0 Å². The second-order valence-corrected chi connectivity index (χ2v) is 4.66. The third-order valence-electron chi connectivity index (χ3n) is 3.08. The van der Waals surface area contributed by atoms with E-state index in [1.165, 1.54) is 19.2 Å². The van der Waals surface area contributed by atoms with Crippen LogP contribution in [-0.2, 0) is 9.53 Å². The predicted octanol–water partition coefficient (Wildman–Crippen LogP) is 2.94. The number of benzene rings is 2. The molecule has 0 heterocycles. The molecule has 2 aromatic carbocycles. The Morgan fingerprint density at radius 2 is 1.71 bits per heavy atom. The summed E-state index contributed by atoms with van der Waals surface area (Å²) in [5, 5.41) is 4.80. The van der Waals surface area contributed by atoms with Gasteiger partial charge in [0.15, 0.2) is 17.5 Å². The molecular weight excluding hydrogens is 325 g/mol. The first-order valence-corrected chi connectivity index (χ1v) is 6.78. The fraction of sp³-hybridized carbons (Fsp3) is 0.125. The van der Waals surface area contributed by atoms with Gasteiger partial charge in [-0.25, -0.2) is 18.0 Å². The molecule has 0 saturated carbocycles. The van der Waals surface area contributed by atoms with Crippen molar-refractivity contribution in [2.75, 3.05) is 24.3 Å². The minimum atomic E-state index is -1.63. The number of hydrogen-bond acceptors (Lipinski definition) is 4. The zero-order chi connectivity index (χ0) is 17.7. The van der Waals surface area contributed by atoms with Crippen molar-refractivity contribution in [3.8, 4) is 0 Å². The molecule has 2 aromatic rings. The van der Waals surface area contributed by atoms with Crippen LogP contribution in [0, 0.1) is 17.5 Å². The van der Waals surface area contributed by atoms with Crippen LogP contribution in [0.1, 0.15) is 10.4 Å². The van der Waals surface area contributed by atoms with E-state index in [1.807, 2.05) is 0 Å². The first-order chi connectivity index (χ1) is 11.4. The summed E-state index contributed by atoms with van der Waals surface area (Å²) < 4.78 is 44.0. The van der Waals surface area contributed by atoms with Gasteiger partial charge in [0, 0.05) is 0 Å². The van der Waals surface area contributed by atoms with Crippen molar-refractivity contribution in [1.29, 1.82) is 0 Å². The van der Waals surface area contributed by atoms with Crippen LogP contribution in [0.3, 0.4) is 0 Å². The lowest BCUT2D eigenvalue weighted by atomic mass is 10.2. The van der Waals surface area contributed by atoms with Crippen molar-refractivity contribution in [1.82, 2.24) is 0 Å². The normalized spacial score (nSPS) is 10.2. The van der Waals surface area contributed by atoms with Crippen molar-refractivity contribution in [2.45, 2.75) is 0 Å². The zero-order valence-corrected chi connectivity index (χ0v) is 12.5. The van der Waals surface area contributed by atoms with Crippen molar-refractivity contribution in [2.24, 2.45) is 0 Å². The van der Waals surface area contributed by atoms with Crippen LogP contribution >= 0.6 is 0 Å². The molecule has 0 aromatic heterocycles. The number of ether oxygens (including phenoxy) is 1. The van der Waals surface area contributed by atoms with Gasteiger partial charge in [-0.1, -0.05) is 12.1 Å². The maximum atomic E-state index is 13.5. The number of methoxy groups -OCH3 is 1. The Morgan fingerprint density at radius 1 is 1.00 bits per heavy atom. The summed E-state index contributed by atoms with van der Waals surface area (Å²) in [7, 11) is 1.20. The van der Waals surface area contributed by atoms with E-state index < -0.39 is 35.9 Å². The van der Waals surface area contributed by atoms with Crippen LogP contribution in [0.2, 0.25) is 0 Å². The summed E-state index contributed by atoms with van der Waals surface area (Å²) in [5.74, 6) is -5.62. The largest absolute Gasteiger partial charge is 0.465 e. The maximum Gasteiger partial charge on any atom is 0.339 e. The quantitative estimate of drug-likeness (QED) is 0.650. The van der Waals surface area contributed by atoms with Gasteiger partial charge < -0.3 is 15.4 Å². The van der Waals surface area contributed by atoms with E-state index in [4.69, 9.17) is 0 Å². The van der Waals surface area contributed by atoms with Crippen molar-refractivity contribution in [3.05, 3.63) is 59.4 Å². The Balaban J connectivity index is 2.05. The molecule has 0 unspecified atom stereocenters. The highest BCUT2D eigenvalue weighted by molar-refractivity contribution is 6.02. The Bertz CT molecular complexity index is 781. The molecule has 0 aliphatic rings. The SMILES string of the molecule is COC(=O)c1ccccc1NC(=O)CNc1ccc(F)c(F)c1F. The number of amides is 1. The van der Waals surface area contributed by atoms with E-state index >= 15 is 0 Å². The highest BCUT2D eigenvalue weighted by Gasteiger charge is 2.15. The number of carbonyl (C=O) groups is 2. The first kappa shape index (κ1) is 17.3. The Labute approximate surface area is 135 Å².